The summed E-state index contributed by atoms with van der Waals surface area (Å²) >= 11 is 11.4. The van der Waals surface area contributed by atoms with E-state index in [-0.39, 0.29) is 5.91 Å². The molecule has 0 radical (unpaired) electrons. The van der Waals surface area contributed by atoms with Crippen LogP contribution in [0.2, 0.25) is 5.02 Å². The summed E-state index contributed by atoms with van der Waals surface area (Å²) in [6, 6.07) is 12.7. The lowest BCUT2D eigenvalue weighted by atomic mass is 10.2. The third-order valence-electron chi connectivity index (χ3n) is 2.28. The van der Waals surface area contributed by atoms with Crippen LogP contribution in [0.5, 0.6) is 0 Å². The topological polar surface area (TPSA) is 29.1 Å². The van der Waals surface area contributed by atoms with Crippen LogP contribution in [0.4, 0.5) is 5.69 Å². The molecule has 0 heterocycles. The molecule has 2 aromatic rings. The van der Waals surface area contributed by atoms with Gasteiger partial charge in [0.15, 0.2) is 0 Å². The van der Waals surface area contributed by atoms with Gasteiger partial charge in [-0.1, -0.05) is 11.6 Å². The number of carbonyl (C=O) groups is 1. The van der Waals surface area contributed by atoms with Crippen LogP contribution in [0, 0.1) is 3.57 Å². The molecule has 2 rings (SSSR count). The minimum absolute atomic E-state index is 0.159. The van der Waals surface area contributed by atoms with Crippen molar-refractivity contribution >= 4 is 61.7 Å². The van der Waals surface area contributed by atoms with Crippen molar-refractivity contribution in [3.8, 4) is 0 Å². The van der Waals surface area contributed by atoms with E-state index >= 15 is 0 Å². The molecule has 2 nitrogen and oxygen atoms in total. The molecule has 0 aliphatic rings. The number of nitrogens with one attached hydrogen (secondary N) is 1. The fourth-order valence-corrected chi connectivity index (χ4v) is 2.23. The van der Waals surface area contributed by atoms with Gasteiger partial charge in [0.25, 0.3) is 5.91 Å². The zero-order valence-electron chi connectivity index (χ0n) is 9.08. The molecule has 5 heteroatoms. The monoisotopic (exact) mass is 435 g/mol. The molecule has 18 heavy (non-hydrogen) atoms. The van der Waals surface area contributed by atoms with Crippen LogP contribution in [-0.2, 0) is 0 Å². The third kappa shape index (κ3) is 3.46. The lowest BCUT2D eigenvalue weighted by Gasteiger charge is -2.06. The second kappa shape index (κ2) is 6.04. The first-order valence-electron chi connectivity index (χ1n) is 5.08. The summed E-state index contributed by atoms with van der Waals surface area (Å²) in [6.45, 7) is 0. The predicted molar refractivity (Wildman–Crippen MR) is 86.3 cm³/mol. The zero-order chi connectivity index (χ0) is 13.1. The molecule has 0 saturated carbocycles. The molecular weight excluding hydrogens is 428 g/mol. The highest BCUT2D eigenvalue weighted by Gasteiger charge is 2.08. The van der Waals surface area contributed by atoms with Crippen LogP contribution >= 0.6 is 50.1 Å². The summed E-state index contributed by atoms with van der Waals surface area (Å²) in [7, 11) is 0. The maximum absolute atomic E-state index is 12.0. The molecule has 0 aliphatic heterocycles. The molecule has 0 spiro atoms. The van der Waals surface area contributed by atoms with Gasteiger partial charge in [-0.2, -0.15) is 0 Å². The molecule has 1 N–H and O–H groups in total. The van der Waals surface area contributed by atoms with E-state index in [4.69, 9.17) is 11.6 Å². The normalized spacial score (nSPS) is 10.2. The average molecular weight is 436 g/mol. The molecule has 0 atom stereocenters. The first kappa shape index (κ1) is 13.8. The second-order valence-electron chi connectivity index (χ2n) is 3.59. The maximum Gasteiger partial charge on any atom is 0.255 e. The van der Waals surface area contributed by atoms with Gasteiger partial charge in [-0.05, 0) is 81.0 Å². The Morgan fingerprint density at radius 2 is 1.83 bits per heavy atom. The number of benzene rings is 2. The first-order valence-corrected chi connectivity index (χ1v) is 7.33. The van der Waals surface area contributed by atoms with Crippen LogP contribution in [0.15, 0.2) is 46.9 Å². The van der Waals surface area contributed by atoms with Crippen molar-refractivity contribution in [3.05, 3.63) is 61.1 Å². The van der Waals surface area contributed by atoms with Crippen molar-refractivity contribution in [2.75, 3.05) is 5.32 Å². The van der Waals surface area contributed by atoms with Crippen LogP contribution in [0.3, 0.4) is 0 Å². The Bertz CT molecular complexity index is 586. The molecule has 0 fully saturated rings. The summed E-state index contributed by atoms with van der Waals surface area (Å²) in [5, 5.41) is 3.41. The van der Waals surface area contributed by atoms with Crippen LogP contribution in [-0.4, -0.2) is 5.91 Å². The summed E-state index contributed by atoms with van der Waals surface area (Å²) in [5.41, 5.74) is 1.33. The fraction of sp³-hybridized carbons (Fsp3) is 0. The number of halogens is 3. The number of hydrogen-bond donors (Lipinski definition) is 1. The van der Waals surface area contributed by atoms with E-state index in [0.717, 1.165) is 9.26 Å². The summed E-state index contributed by atoms with van der Waals surface area (Å²) in [4.78, 5) is 12.0. The van der Waals surface area contributed by atoms with Crippen molar-refractivity contribution in [2.45, 2.75) is 0 Å². The quantitative estimate of drug-likeness (QED) is 0.663. The van der Waals surface area contributed by atoms with E-state index in [1.165, 1.54) is 0 Å². The van der Waals surface area contributed by atoms with E-state index < -0.39 is 0 Å². The van der Waals surface area contributed by atoms with Crippen LogP contribution in [0.25, 0.3) is 0 Å². The second-order valence-corrected chi connectivity index (χ2v) is 6.10. The molecule has 1 amide bonds. The highest BCUT2D eigenvalue weighted by molar-refractivity contribution is 14.1. The lowest BCUT2D eigenvalue weighted by molar-refractivity contribution is 0.102. The van der Waals surface area contributed by atoms with E-state index in [1.54, 1.807) is 18.2 Å². The third-order valence-corrected chi connectivity index (χ3v) is 4.22. The van der Waals surface area contributed by atoms with Gasteiger partial charge in [-0.15, -0.1) is 0 Å². The smallest absolute Gasteiger partial charge is 0.255 e. The summed E-state index contributed by atoms with van der Waals surface area (Å²) in [5.74, 6) is -0.159. The van der Waals surface area contributed by atoms with Crippen molar-refractivity contribution in [3.63, 3.8) is 0 Å². The van der Waals surface area contributed by atoms with Gasteiger partial charge in [0.2, 0.25) is 0 Å². The van der Waals surface area contributed by atoms with E-state index in [2.05, 4.69) is 43.8 Å². The summed E-state index contributed by atoms with van der Waals surface area (Å²) in [6.07, 6.45) is 0. The Morgan fingerprint density at radius 1 is 1.17 bits per heavy atom. The largest absolute Gasteiger partial charge is 0.322 e. The first-order chi connectivity index (χ1) is 8.56. The molecule has 0 unspecified atom stereocenters. The molecule has 0 aromatic heterocycles. The maximum atomic E-state index is 12.0. The average Bonchev–Trinajstić information content (AvgIpc) is 2.35. The van der Waals surface area contributed by atoms with Gasteiger partial charge in [-0.3, -0.25) is 4.79 Å². The van der Waals surface area contributed by atoms with Crippen molar-refractivity contribution in [1.82, 2.24) is 0 Å². The standard InChI is InChI=1S/C13H8BrClINO/c14-11-7-8(1-6-12(11)15)13(18)17-10-4-2-9(16)3-5-10/h1-7H,(H,17,18). The van der Waals surface area contributed by atoms with Gasteiger partial charge < -0.3 is 5.32 Å². The molecule has 92 valence electrons. The minimum atomic E-state index is -0.159. The highest BCUT2D eigenvalue weighted by atomic mass is 127. The molecule has 2 aromatic carbocycles. The van der Waals surface area contributed by atoms with E-state index in [9.17, 15) is 4.79 Å². The van der Waals surface area contributed by atoms with Gasteiger partial charge in [0.05, 0.1) is 5.02 Å². The van der Waals surface area contributed by atoms with Gasteiger partial charge in [0.1, 0.15) is 0 Å². The summed E-state index contributed by atoms with van der Waals surface area (Å²) < 4.78 is 1.83. The lowest BCUT2D eigenvalue weighted by Crippen LogP contribution is -2.11. The predicted octanol–water partition coefficient (Wildman–Crippen LogP) is 4.96. The fourth-order valence-electron chi connectivity index (χ4n) is 1.37. The van der Waals surface area contributed by atoms with Crippen molar-refractivity contribution in [2.24, 2.45) is 0 Å². The zero-order valence-corrected chi connectivity index (χ0v) is 13.6. The van der Waals surface area contributed by atoms with Crippen LogP contribution < -0.4 is 5.32 Å². The van der Waals surface area contributed by atoms with Crippen LogP contribution in [0.1, 0.15) is 10.4 Å². The Kier molecular flexibility index (Phi) is 4.64. The number of carbonyl (C=O) groups excluding carboxylic acids is 1. The van der Waals surface area contributed by atoms with Gasteiger partial charge in [-0.25, -0.2) is 0 Å². The van der Waals surface area contributed by atoms with Crippen molar-refractivity contribution in [1.29, 1.82) is 0 Å². The van der Waals surface area contributed by atoms with E-state index in [0.29, 0.717) is 15.1 Å². The Balaban J connectivity index is 2.16. The van der Waals surface area contributed by atoms with Gasteiger partial charge >= 0.3 is 0 Å². The van der Waals surface area contributed by atoms with Gasteiger partial charge in [0, 0.05) is 19.3 Å². The number of hydrogen-bond acceptors (Lipinski definition) is 1. The molecule has 0 saturated heterocycles. The number of amides is 1. The Hall–Kier alpha value is -0.590. The Morgan fingerprint density at radius 3 is 2.44 bits per heavy atom. The van der Waals surface area contributed by atoms with E-state index in [1.807, 2.05) is 24.3 Å². The molecule has 0 aliphatic carbocycles. The van der Waals surface area contributed by atoms with Crippen molar-refractivity contribution < 1.29 is 4.79 Å². The minimum Gasteiger partial charge on any atom is -0.322 e. The molecule has 0 bridgehead atoms. The highest BCUT2D eigenvalue weighted by Crippen LogP contribution is 2.23. The Labute approximate surface area is 132 Å². The SMILES string of the molecule is O=C(Nc1ccc(I)cc1)c1ccc(Cl)c(Br)c1. The molecular formula is C13H8BrClINO. The number of rotatable bonds is 2. The number of anilines is 1.